The first-order valence-electron chi connectivity index (χ1n) is 5.42. The topological polar surface area (TPSA) is 26.0 Å². The number of benzene rings is 2. The van der Waals surface area contributed by atoms with E-state index < -0.39 is 5.82 Å². The average Bonchev–Trinajstić information content (AvgIpc) is 2.34. The second kappa shape index (κ2) is 5.30. The zero-order valence-corrected chi connectivity index (χ0v) is 9.99. The van der Waals surface area contributed by atoms with E-state index in [0.29, 0.717) is 12.0 Å². The maximum Gasteiger partial charge on any atom is 0.146 e. The molecule has 2 N–H and O–H groups in total. The summed E-state index contributed by atoms with van der Waals surface area (Å²) >= 11 is 5.73. The number of hydrogen-bond donors (Lipinski definition) is 1. The van der Waals surface area contributed by atoms with Gasteiger partial charge in [-0.15, -0.1) is 0 Å². The maximum atomic E-state index is 13.7. The predicted octanol–water partition coefficient (Wildman–Crippen LogP) is 3.72. The Labute approximate surface area is 105 Å². The van der Waals surface area contributed by atoms with E-state index >= 15 is 0 Å². The summed E-state index contributed by atoms with van der Waals surface area (Å²) in [7, 11) is 0. The third kappa shape index (κ3) is 2.84. The highest BCUT2D eigenvalue weighted by molar-refractivity contribution is 6.30. The molecule has 0 aliphatic carbocycles. The van der Waals surface area contributed by atoms with Crippen LogP contribution in [0.4, 0.5) is 4.39 Å². The second-order valence-corrected chi connectivity index (χ2v) is 4.35. The van der Waals surface area contributed by atoms with Crippen molar-refractivity contribution in [2.45, 2.75) is 12.5 Å². The number of halogens is 2. The van der Waals surface area contributed by atoms with E-state index in [1.54, 1.807) is 12.1 Å². The molecule has 0 amide bonds. The predicted molar refractivity (Wildman–Crippen MR) is 68.5 cm³/mol. The van der Waals surface area contributed by atoms with Crippen LogP contribution in [0, 0.1) is 5.82 Å². The third-order valence-electron chi connectivity index (χ3n) is 2.68. The molecule has 17 heavy (non-hydrogen) atoms. The standard InChI is InChI=1S/C14H13ClFN/c15-12-8-4-7-11(14(12)16)13(17)9-10-5-2-1-3-6-10/h1-8,13H,9,17H2/t13-/m0/s1. The highest BCUT2D eigenvalue weighted by Gasteiger charge is 2.13. The first-order chi connectivity index (χ1) is 8.18. The van der Waals surface area contributed by atoms with Gasteiger partial charge in [-0.3, -0.25) is 0 Å². The van der Waals surface area contributed by atoms with E-state index in [1.807, 2.05) is 30.3 Å². The van der Waals surface area contributed by atoms with E-state index in [4.69, 9.17) is 17.3 Å². The molecule has 0 aliphatic heterocycles. The molecular weight excluding hydrogens is 237 g/mol. The Balaban J connectivity index is 2.20. The smallest absolute Gasteiger partial charge is 0.146 e. The van der Waals surface area contributed by atoms with E-state index in [9.17, 15) is 4.39 Å². The molecule has 0 spiro atoms. The number of hydrogen-bond acceptors (Lipinski definition) is 1. The van der Waals surface area contributed by atoms with Crippen molar-refractivity contribution >= 4 is 11.6 Å². The fourth-order valence-corrected chi connectivity index (χ4v) is 1.97. The van der Waals surface area contributed by atoms with Crippen LogP contribution in [0.1, 0.15) is 17.2 Å². The van der Waals surface area contributed by atoms with E-state index in [0.717, 1.165) is 5.56 Å². The van der Waals surface area contributed by atoms with E-state index in [1.165, 1.54) is 6.07 Å². The molecule has 2 aromatic rings. The van der Waals surface area contributed by atoms with Gasteiger partial charge < -0.3 is 5.73 Å². The number of rotatable bonds is 3. The maximum absolute atomic E-state index is 13.7. The fraction of sp³-hybridized carbons (Fsp3) is 0.143. The summed E-state index contributed by atoms with van der Waals surface area (Å²) < 4.78 is 13.7. The lowest BCUT2D eigenvalue weighted by atomic mass is 9.99. The molecule has 1 atom stereocenters. The van der Waals surface area contributed by atoms with E-state index in [-0.39, 0.29) is 11.1 Å². The Morgan fingerprint density at radius 1 is 1.06 bits per heavy atom. The molecule has 3 heteroatoms. The van der Waals surface area contributed by atoms with Gasteiger partial charge in [0.05, 0.1) is 5.02 Å². The molecular formula is C14H13ClFN. The Bertz CT molecular complexity index is 499. The van der Waals surface area contributed by atoms with Gasteiger partial charge >= 0.3 is 0 Å². The van der Waals surface area contributed by atoms with Gasteiger partial charge in [-0.2, -0.15) is 0 Å². The van der Waals surface area contributed by atoms with Crippen LogP contribution >= 0.6 is 11.6 Å². The molecule has 0 aliphatic rings. The van der Waals surface area contributed by atoms with Gasteiger partial charge in [-0.25, -0.2) is 4.39 Å². The summed E-state index contributed by atoms with van der Waals surface area (Å²) in [6, 6.07) is 14.3. The minimum Gasteiger partial charge on any atom is -0.324 e. The zero-order chi connectivity index (χ0) is 12.3. The lowest BCUT2D eigenvalue weighted by Crippen LogP contribution is -2.15. The van der Waals surface area contributed by atoms with Crippen LogP contribution in [0.2, 0.25) is 5.02 Å². The summed E-state index contributed by atoms with van der Waals surface area (Å²) in [4.78, 5) is 0. The molecule has 88 valence electrons. The fourth-order valence-electron chi connectivity index (χ4n) is 1.78. The Morgan fingerprint density at radius 2 is 1.76 bits per heavy atom. The van der Waals surface area contributed by atoms with Crippen molar-refractivity contribution in [1.82, 2.24) is 0 Å². The van der Waals surface area contributed by atoms with Gasteiger partial charge in [0, 0.05) is 11.6 Å². The minimum atomic E-state index is -0.419. The lowest BCUT2D eigenvalue weighted by Gasteiger charge is -2.13. The molecule has 0 aromatic heterocycles. The second-order valence-electron chi connectivity index (χ2n) is 3.94. The van der Waals surface area contributed by atoms with Gasteiger partial charge in [-0.1, -0.05) is 54.1 Å². The Hall–Kier alpha value is -1.38. The zero-order valence-electron chi connectivity index (χ0n) is 9.24. The molecule has 0 saturated heterocycles. The minimum absolute atomic E-state index is 0.117. The molecule has 0 bridgehead atoms. The van der Waals surface area contributed by atoms with Crippen LogP contribution in [-0.2, 0) is 6.42 Å². The van der Waals surface area contributed by atoms with Gasteiger partial charge in [0.1, 0.15) is 5.82 Å². The summed E-state index contributed by atoms with van der Waals surface area (Å²) in [5.74, 6) is -0.419. The summed E-state index contributed by atoms with van der Waals surface area (Å²) in [5, 5.41) is 0.117. The SMILES string of the molecule is N[C@@H](Cc1ccccc1)c1cccc(Cl)c1F. The quantitative estimate of drug-likeness (QED) is 0.882. The molecule has 2 aromatic carbocycles. The molecule has 1 nitrogen and oxygen atoms in total. The Morgan fingerprint density at radius 3 is 2.47 bits per heavy atom. The van der Waals surface area contributed by atoms with Crippen LogP contribution < -0.4 is 5.73 Å². The summed E-state index contributed by atoms with van der Waals surface area (Å²) in [6.45, 7) is 0. The largest absolute Gasteiger partial charge is 0.324 e. The third-order valence-corrected chi connectivity index (χ3v) is 2.97. The van der Waals surface area contributed by atoms with Crippen molar-refractivity contribution in [3.63, 3.8) is 0 Å². The van der Waals surface area contributed by atoms with Crippen molar-refractivity contribution in [2.75, 3.05) is 0 Å². The van der Waals surface area contributed by atoms with Crippen molar-refractivity contribution in [1.29, 1.82) is 0 Å². The lowest BCUT2D eigenvalue weighted by molar-refractivity contribution is 0.581. The van der Waals surface area contributed by atoms with Gasteiger partial charge in [0.25, 0.3) is 0 Å². The van der Waals surface area contributed by atoms with Crippen molar-refractivity contribution in [3.8, 4) is 0 Å². The summed E-state index contributed by atoms with van der Waals surface area (Å²) in [5.41, 5.74) is 7.54. The molecule has 0 fully saturated rings. The van der Waals surface area contributed by atoms with Crippen LogP contribution in [0.15, 0.2) is 48.5 Å². The molecule has 2 rings (SSSR count). The van der Waals surface area contributed by atoms with Gasteiger partial charge in [-0.05, 0) is 18.1 Å². The first-order valence-corrected chi connectivity index (χ1v) is 5.79. The van der Waals surface area contributed by atoms with Gasteiger partial charge in [0.15, 0.2) is 0 Å². The highest BCUT2D eigenvalue weighted by atomic mass is 35.5. The monoisotopic (exact) mass is 249 g/mol. The highest BCUT2D eigenvalue weighted by Crippen LogP contribution is 2.24. The van der Waals surface area contributed by atoms with Crippen LogP contribution in [0.5, 0.6) is 0 Å². The van der Waals surface area contributed by atoms with Crippen LogP contribution in [-0.4, -0.2) is 0 Å². The average molecular weight is 250 g/mol. The molecule has 0 radical (unpaired) electrons. The van der Waals surface area contributed by atoms with Crippen molar-refractivity contribution in [2.24, 2.45) is 5.73 Å². The van der Waals surface area contributed by atoms with Crippen LogP contribution in [0.3, 0.4) is 0 Å². The first kappa shape index (κ1) is 12.1. The van der Waals surface area contributed by atoms with Crippen molar-refractivity contribution < 1.29 is 4.39 Å². The molecule has 0 unspecified atom stereocenters. The van der Waals surface area contributed by atoms with Crippen molar-refractivity contribution in [3.05, 3.63) is 70.5 Å². The molecule has 0 saturated carbocycles. The van der Waals surface area contributed by atoms with E-state index in [2.05, 4.69) is 0 Å². The Kier molecular flexibility index (Phi) is 3.77. The number of nitrogens with two attached hydrogens (primary N) is 1. The normalized spacial score (nSPS) is 12.4. The summed E-state index contributed by atoms with van der Waals surface area (Å²) in [6.07, 6.45) is 0.595. The van der Waals surface area contributed by atoms with Crippen LogP contribution in [0.25, 0.3) is 0 Å². The van der Waals surface area contributed by atoms with Gasteiger partial charge in [0.2, 0.25) is 0 Å². The molecule has 0 heterocycles.